The summed E-state index contributed by atoms with van der Waals surface area (Å²) in [5.74, 6) is 1.28. The maximum atomic E-state index is 13.0. The molecule has 0 spiro atoms. The van der Waals surface area contributed by atoms with Crippen molar-refractivity contribution in [1.82, 2.24) is 9.21 Å². The van der Waals surface area contributed by atoms with Gasteiger partial charge in [0.15, 0.2) is 0 Å². The van der Waals surface area contributed by atoms with Crippen molar-refractivity contribution in [3.05, 3.63) is 54.1 Å². The normalized spacial score (nSPS) is 19.6. The van der Waals surface area contributed by atoms with Gasteiger partial charge in [-0.2, -0.15) is 4.31 Å². The van der Waals surface area contributed by atoms with Crippen LogP contribution in [0, 0.1) is 5.92 Å². The number of carbonyl (C=O) groups is 1. The summed E-state index contributed by atoms with van der Waals surface area (Å²) in [6.45, 7) is 4.10. The Morgan fingerprint density at radius 3 is 2.47 bits per heavy atom. The molecule has 0 aromatic heterocycles. The van der Waals surface area contributed by atoms with Gasteiger partial charge in [0.05, 0.1) is 17.4 Å². The Kier molecular flexibility index (Phi) is 5.97. The average Bonchev–Trinajstić information content (AvgIpc) is 2.79. The minimum atomic E-state index is -3.59. The van der Waals surface area contributed by atoms with Crippen LogP contribution in [0.4, 0.5) is 0 Å². The molecule has 30 heavy (non-hydrogen) atoms. The molecule has 1 unspecified atom stereocenters. The lowest BCUT2D eigenvalue weighted by molar-refractivity contribution is -0.138. The van der Waals surface area contributed by atoms with E-state index in [9.17, 15) is 13.2 Å². The van der Waals surface area contributed by atoms with E-state index in [0.717, 1.165) is 11.3 Å². The summed E-state index contributed by atoms with van der Waals surface area (Å²) >= 11 is 0. The molecule has 0 bridgehead atoms. The van der Waals surface area contributed by atoms with Crippen LogP contribution in [0.25, 0.3) is 0 Å². The summed E-state index contributed by atoms with van der Waals surface area (Å²) in [4.78, 5) is 14.9. The first kappa shape index (κ1) is 20.7. The zero-order valence-electron chi connectivity index (χ0n) is 17.0. The molecular formula is C22H26N2O5S. The van der Waals surface area contributed by atoms with Crippen molar-refractivity contribution >= 4 is 15.9 Å². The minimum Gasteiger partial charge on any atom is -0.494 e. The fourth-order valence-electron chi connectivity index (χ4n) is 3.92. The highest BCUT2D eigenvalue weighted by Gasteiger charge is 2.34. The lowest BCUT2D eigenvalue weighted by atomic mass is 9.95. The fourth-order valence-corrected chi connectivity index (χ4v) is 5.34. The van der Waals surface area contributed by atoms with Gasteiger partial charge in [0.1, 0.15) is 18.1 Å². The van der Waals surface area contributed by atoms with Crippen molar-refractivity contribution in [2.45, 2.75) is 18.2 Å². The Balaban J connectivity index is 1.37. The second-order valence-electron chi connectivity index (χ2n) is 7.45. The van der Waals surface area contributed by atoms with Gasteiger partial charge in [-0.15, -0.1) is 0 Å². The summed E-state index contributed by atoms with van der Waals surface area (Å²) in [6, 6.07) is 14.2. The molecule has 1 saturated heterocycles. The zero-order chi connectivity index (χ0) is 21.1. The molecule has 0 radical (unpaired) electrons. The summed E-state index contributed by atoms with van der Waals surface area (Å²) in [7, 11) is -3.59. The number of sulfonamides is 1. The smallest absolute Gasteiger partial charge is 0.243 e. The van der Waals surface area contributed by atoms with Gasteiger partial charge in [-0.3, -0.25) is 4.79 Å². The van der Waals surface area contributed by atoms with E-state index < -0.39 is 10.0 Å². The van der Waals surface area contributed by atoms with E-state index >= 15 is 0 Å². The van der Waals surface area contributed by atoms with Crippen molar-refractivity contribution in [3.8, 4) is 11.5 Å². The summed E-state index contributed by atoms with van der Waals surface area (Å²) in [6.07, 6.45) is 0.652. The second kappa shape index (κ2) is 8.65. The van der Waals surface area contributed by atoms with Crippen LogP contribution >= 0.6 is 0 Å². The van der Waals surface area contributed by atoms with Crippen molar-refractivity contribution in [1.29, 1.82) is 0 Å². The number of hydrogen-bond donors (Lipinski definition) is 0. The number of fused-ring (bicyclic) bond motifs is 1. The number of ether oxygens (including phenoxy) is 2. The molecule has 1 fully saturated rings. The molecule has 2 aromatic rings. The molecule has 160 valence electrons. The van der Waals surface area contributed by atoms with Gasteiger partial charge < -0.3 is 14.4 Å². The SMILES string of the molecule is CCOc1ccc(S(=O)(=O)N2CCN(C(=O)C3COc4ccccc4C3)CC2)cc1. The maximum absolute atomic E-state index is 13.0. The molecule has 4 rings (SSSR count). The Bertz CT molecular complexity index is 998. The lowest BCUT2D eigenvalue weighted by Gasteiger charge is -2.36. The molecule has 0 aliphatic carbocycles. The third kappa shape index (κ3) is 4.15. The molecular weight excluding hydrogens is 404 g/mol. The van der Waals surface area contributed by atoms with E-state index in [1.165, 1.54) is 4.31 Å². The standard InChI is InChI=1S/C22H26N2O5S/c1-2-28-19-7-9-20(10-8-19)30(26,27)24-13-11-23(12-14-24)22(25)18-15-17-5-3-4-6-21(17)29-16-18/h3-10,18H,2,11-16H2,1H3. The predicted molar refractivity (Wildman–Crippen MR) is 112 cm³/mol. The van der Waals surface area contributed by atoms with E-state index in [1.807, 2.05) is 31.2 Å². The Hall–Kier alpha value is -2.58. The number of rotatable bonds is 5. The zero-order valence-corrected chi connectivity index (χ0v) is 17.8. The molecule has 2 heterocycles. The second-order valence-corrected chi connectivity index (χ2v) is 9.39. The van der Waals surface area contributed by atoms with Gasteiger partial charge in [-0.05, 0) is 49.2 Å². The van der Waals surface area contributed by atoms with Crippen LogP contribution in [0.2, 0.25) is 0 Å². The molecule has 1 amide bonds. The first-order chi connectivity index (χ1) is 14.5. The quantitative estimate of drug-likeness (QED) is 0.727. The number of nitrogens with zero attached hydrogens (tertiary/aromatic N) is 2. The largest absolute Gasteiger partial charge is 0.494 e. The van der Waals surface area contributed by atoms with Crippen LogP contribution in [0.1, 0.15) is 12.5 Å². The van der Waals surface area contributed by atoms with E-state index in [1.54, 1.807) is 29.2 Å². The molecule has 1 atom stereocenters. The van der Waals surface area contributed by atoms with Crippen molar-refractivity contribution in [3.63, 3.8) is 0 Å². The molecule has 0 N–H and O–H groups in total. The number of carbonyl (C=O) groups excluding carboxylic acids is 1. The minimum absolute atomic E-state index is 0.0302. The Morgan fingerprint density at radius 2 is 1.77 bits per heavy atom. The van der Waals surface area contributed by atoms with E-state index in [4.69, 9.17) is 9.47 Å². The Labute approximate surface area is 177 Å². The molecule has 7 nitrogen and oxygen atoms in total. The first-order valence-electron chi connectivity index (χ1n) is 10.2. The first-order valence-corrected chi connectivity index (χ1v) is 11.7. The topological polar surface area (TPSA) is 76.2 Å². The Morgan fingerprint density at radius 1 is 1.07 bits per heavy atom. The van der Waals surface area contributed by atoms with Crippen molar-refractivity contribution in [2.24, 2.45) is 5.92 Å². The predicted octanol–water partition coefficient (Wildman–Crippen LogP) is 2.17. The maximum Gasteiger partial charge on any atom is 0.243 e. The average molecular weight is 431 g/mol. The van der Waals surface area contributed by atoms with Crippen LogP contribution in [0.15, 0.2) is 53.4 Å². The molecule has 2 aliphatic rings. The molecule has 0 saturated carbocycles. The van der Waals surface area contributed by atoms with Crippen LogP contribution < -0.4 is 9.47 Å². The van der Waals surface area contributed by atoms with Crippen LogP contribution in [0.3, 0.4) is 0 Å². The highest BCUT2D eigenvalue weighted by Crippen LogP contribution is 2.28. The van der Waals surface area contributed by atoms with E-state index in [2.05, 4.69) is 0 Å². The summed E-state index contributed by atoms with van der Waals surface area (Å²) in [5.41, 5.74) is 1.04. The van der Waals surface area contributed by atoms with Gasteiger partial charge >= 0.3 is 0 Å². The van der Waals surface area contributed by atoms with Crippen LogP contribution in [-0.4, -0.2) is 62.9 Å². The molecule has 8 heteroatoms. The third-order valence-corrected chi connectivity index (χ3v) is 7.46. The van der Waals surface area contributed by atoms with Crippen LogP contribution in [-0.2, 0) is 21.2 Å². The highest BCUT2D eigenvalue weighted by atomic mass is 32.2. The van der Waals surface area contributed by atoms with Crippen molar-refractivity contribution < 1.29 is 22.7 Å². The number of amides is 1. The third-order valence-electron chi connectivity index (χ3n) is 5.55. The van der Waals surface area contributed by atoms with Gasteiger partial charge in [-0.1, -0.05) is 18.2 Å². The molecule has 2 aliphatic heterocycles. The van der Waals surface area contributed by atoms with E-state index in [-0.39, 0.29) is 29.8 Å². The lowest BCUT2D eigenvalue weighted by Crippen LogP contribution is -2.52. The summed E-state index contributed by atoms with van der Waals surface area (Å²) in [5, 5.41) is 0. The van der Waals surface area contributed by atoms with Gasteiger partial charge in [-0.25, -0.2) is 8.42 Å². The fraction of sp³-hybridized carbons (Fsp3) is 0.409. The van der Waals surface area contributed by atoms with Crippen molar-refractivity contribution in [2.75, 3.05) is 39.4 Å². The van der Waals surface area contributed by atoms with Gasteiger partial charge in [0.2, 0.25) is 15.9 Å². The van der Waals surface area contributed by atoms with E-state index in [0.29, 0.717) is 38.5 Å². The van der Waals surface area contributed by atoms with Gasteiger partial charge in [0.25, 0.3) is 0 Å². The van der Waals surface area contributed by atoms with Crippen LogP contribution in [0.5, 0.6) is 11.5 Å². The number of piperazine rings is 1. The number of para-hydroxylation sites is 1. The van der Waals surface area contributed by atoms with Gasteiger partial charge in [0, 0.05) is 26.2 Å². The number of hydrogen-bond acceptors (Lipinski definition) is 5. The monoisotopic (exact) mass is 430 g/mol. The summed E-state index contributed by atoms with van der Waals surface area (Å²) < 4.78 is 38.4. The highest BCUT2D eigenvalue weighted by molar-refractivity contribution is 7.89. The number of benzene rings is 2. The molecule has 2 aromatic carbocycles.